The summed E-state index contributed by atoms with van der Waals surface area (Å²) in [6.07, 6.45) is 0.390. The van der Waals surface area contributed by atoms with Gasteiger partial charge in [-0.05, 0) is 31.5 Å². The number of aromatic nitrogens is 1. The Hall–Kier alpha value is -3.39. The molecule has 1 aromatic heterocycles. The van der Waals surface area contributed by atoms with Crippen LogP contribution in [-0.2, 0) is 11.2 Å². The molecule has 2 aromatic carbocycles. The van der Waals surface area contributed by atoms with Crippen molar-refractivity contribution in [3.8, 4) is 5.75 Å². The van der Waals surface area contributed by atoms with Crippen LogP contribution in [0.4, 0.5) is 10.8 Å². The van der Waals surface area contributed by atoms with Crippen molar-refractivity contribution < 1.29 is 14.3 Å². The van der Waals surface area contributed by atoms with E-state index in [4.69, 9.17) is 4.74 Å². The first-order chi connectivity index (χ1) is 15.0. The summed E-state index contributed by atoms with van der Waals surface area (Å²) in [5.74, 6) is 0.0518. The molecule has 8 heteroatoms. The van der Waals surface area contributed by atoms with Gasteiger partial charge in [0.15, 0.2) is 5.13 Å². The Labute approximate surface area is 185 Å². The van der Waals surface area contributed by atoms with E-state index in [1.165, 1.54) is 11.3 Å². The van der Waals surface area contributed by atoms with Crippen molar-refractivity contribution in [3.05, 3.63) is 71.2 Å². The van der Waals surface area contributed by atoms with Crippen molar-refractivity contribution in [1.82, 2.24) is 15.6 Å². The zero-order valence-electron chi connectivity index (χ0n) is 17.7. The Morgan fingerprint density at radius 1 is 1.03 bits per heavy atom. The van der Waals surface area contributed by atoms with Crippen LogP contribution in [0.5, 0.6) is 5.75 Å². The number of ether oxygens (including phenoxy) is 1. The standard InChI is InChI=1S/C23H26N4O3S/c1-15(2)24-21(28)18(13-16-9-5-4-6-10-16)25-22(29)19-14-31-23(27-19)26-17-11-7-8-12-20(17)30-3/h4-12,14-15,18H,13H2,1-3H3,(H,24,28)(H,25,29)(H,26,27). The minimum absolute atomic E-state index is 0.0291. The molecule has 0 aliphatic heterocycles. The Morgan fingerprint density at radius 2 is 1.74 bits per heavy atom. The topological polar surface area (TPSA) is 92.3 Å². The Bertz CT molecular complexity index is 1020. The number of methoxy groups -OCH3 is 1. The highest BCUT2D eigenvalue weighted by molar-refractivity contribution is 7.14. The lowest BCUT2D eigenvalue weighted by Crippen LogP contribution is -2.49. The van der Waals surface area contributed by atoms with Gasteiger partial charge in [-0.3, -0.25) is 9.59 Å². The number of amides is 2. The third kappa shape index (κ3) is 6.29. The quantitative estimate of drug-likeness (QED) is 0.473. The number of thiazole rings is 1. The number of nitrogens with zero attached hydrogens (tertiary/aromatic N) is 1. The lowest BCUT2D eigenvalue weighted by Gasteiger charge is -2.19. The highest BCUT2D eigenvalue weighted by Crippen LogP contribution is 2.28. The third-order valence-electron chi connectivity index (χ3n) is 4.42. The van der Waals surface area contributed by atoms with Gasteiger partial charge in [-0.2, -0.15) is 0 Å². The second kappa shape index (κ2) is 10.6. The molecule has 7 nitrogen and oxygen atoms in total. The first-order valence-electron chi connectivity index (χ1n) is 9.97. The molecule has 0 saturated heterocycles. The number of rotatable bonds is 9. The summed E-state index contributed by atoms with van der Waals surface area (Å²) in [4.78, 5) is 29.9. The number of hydrogen-bond acceptors (Lipinski definition) is 6. The van der Waals surface area contributed by atoms with Gasteiger partial charge in [-0.25, -0.2) is 4.98 Å². The molecule has 0 spiro atoms. The van der Waals surface area contributed by atoms with Gasteiger partial charge < -0.3 is 20.7 Å². The van der Waals surface area contributed by atoms with Crippen LogP contribution in [0, 0.1) is 0 Å². The van der Waals surface area contributed by atoms with E-state index in [1.54, 1.807) is 12.5 Å². The summed E-state index contributed by atoms with van der Waals surface area (Å²) < 4.78 is 5.33. The van der Waals surface area contributed by atoms with Crippen LogP contribution in [0.15, 0.2) is 60.0 Å². The maximum absolute atomic E-state index is 12.8. The number of carbonyl (C=O) groups is 2. The fourth-order valence-corrected chi connectivity index (χ4v) is 3.68. The van der Waals surface area contributed by atoms with Gasteiger partial charge in [0.25, 0.3) is 5.91 Å². The highest BCUT2D eigenvalue weighted by atomic mass is 32.1. The van der Waals surface area contributed by atoms with Crippen LogP contribution in [0.1, 0.15) is 29.9 Å². The van der Waals surface area contributed by atoms with Crippen molar-refractivity contribution in [1.29, 1.82) is 0 Å². The van der Waals surface area contributed by atoms with Crippen LogP contribution >= 0.6 is 11.3 Å². The number of anilines is 2. The first-order valence-corrected chi connectivity index (χ1v) is 10.8. The van der Waals surface area contributed by atoms with Crippen molar-refractivity contribution in [2.45, 2.75) is 32.4 Å². The predicted molar refractivity (Wildman–Crippen MR) is 123 cm³/mol. The number of benzene rings is 2. The van der Waals surface area contributed by atoms with E-state index >= 15 is 0 Å². The monoisotopic (exact) mass is 438 g/mol. The van der Waals surface area contributed by atoms with E-state index in [-0.39, 0.29) is 17.6 Å². The van der Waals surface area contributed by atoms with Gasteiger partial charge in [0.05, 0.1) is 12.8 Å². The Morgan fingerprint density at radius 3 is 2.45 bits per heavy atom. The van der Waals surface area contributed by atoms with E-state index in [1.807, 2.05) is 68.4 Å². The van der Waals surface area contributed by atoms with Crippen LogP contribution < -0.4 is 20.7 Å². The van der Waals surface area contributed by atoms with Crippen LogP contribution in [0.2, 0.25) is 0 Å². The van der Waals surface area contributed by atoms with Gasteiger partial charge >= 0.3 is 0 Å². The van der Waals surface area contributed by atoms with Crippen molar-refractivity contribution >= 4 is 34.0 Å². The van der Waals surface area contributed by atoms with Crippen LogP contribution in [0.3, 0.4) is 0 Å². The number of nitrogens with one attached hydrogen (secondary N) is 3. The number of hydrogen-bond donors (Lipinski definition) is 3. The molecule has 1 unspecified atom stereocenters. The zero-order valence-corrected chi connectivity index (χ0v) is 18.5. The van der Waals surface area contributed by atoms with Crippen LogP contribution in [0.25, 0.3) is 0 Å². The summed E-state index contributed by atoms with van der Waals surface area (Å²) in [6, 6.07) is 16.3. The SMILES string of the molecule is COc1ccccc1Nc1nc(C(=O)NC(Cc2ccccc2)C(=O)NC(C)C)cs1. The summed E-state index contributed by atoms with van der Waals surface area (Å²) in [5, 5.41) is 11.1. The van der Waals surface area contributed by atoms with E-state index in [0.717, 1.165) is 11.3 Å². The average molecular weight is 439 g/mol. The van der Waals surface area contributed by atoms with Gasteiger partial charge in [-0.15, -0.1) is 11.3 Å². The maximum Gasteiger partial charge on any atom is 0.271 e. The molecule has 0 saturated carbocycles. The zero-order chi connectivity index (χ0) is 22.2. The molecule has 2 amide bonds. The molecule has 0 radical (unpaired) electrons. The smallest absolute Gasteiger partial charge is 0.271 e. The largest absolute Gasteiger partial charge is 0.495 e. The Kier molecular flexibility index (Phi) is 7.61. The molecule has 0 fully saturated rings. The molecule has 1 heterocycles. The van der Waals surface area contributed by atoms with E-state index in [9.17, 15) is 9.59 Å². The molecule has 0 aliphatic carbocycles. The minimum atomic E-state index is -0.704. The van der Waals surface area contributed by atoms with Gasteiger partial charge in [0.2, 0.25) is 5.91 Å². The summed E-state index contributed by atoms with van der Waals surface area (Å²) in [7, 11) is 1.59. The lowest BCUT2D eigenvalue weighted by molar-refractivity contribution is -0.123. The molecule has 31 heavy (non-hydrogen) atoms. The highest BCUT2D eigenvalue weighted by Gasteiger charge is 2.23. The minimum Gasteiger partial charge on any atom is -0.495 e. The lowest BCUT2D eigenvalue weighted by atomic mass is 10.0. The van der Waals surface area contributed by atoms with Crippen LogP contribution in [-0.4, -0.2) is 36.0 Å². The molecule has 0 bridgehead atoms. The summed E-state index contributed by atoms with van der Waals surface area (Å²) >= 11 is 1.30. The van der Waals surface area contributed by atoms with Gasteiger partial charge in [0.1, 0.15) is 17.5 Å². The first kappa shape index (κ1) is 22.3. The molecule has 1 atom stereocenters. The Balaban J connectivity index is 1.71. The van der Waals surface area contributed by atoms with E-state index < -0.39 is 11.9 Å². The fraction of sp³-hybridized carbons (Fsp3) is 0.261. The molecule has 162 valence electrons. The molecule has 3 rings (SSSR count). The maximum atomic E-state index is 12.8. The summed E-state index contributed by atoms with van der Waals surface area (Å²) in [6.45, 7) is 3.77. The fourth-order valence-electron chi connectivity index (χ4n) is 2.97. The molecular formula is C23H26N4O3S. The van der Waals surface area contributed by atoms with Crippen molar-refractivity contribution in [3.63, 3.8) is 0 Å². The molecule has 0 aliphatic rings. The predicted octanol–water partition coefficient (Wildman–Crippen LogP) is 3.76. The average Bonchev–Trinajstić information content (AvgIpc) is 3.22. The number of carbonyl (C=O) groups excluding carboxylic acids is 2. The van der Waals surface area contributed by atoms with E-state index in [2.05, 4.69) is 20.9 Å². The second-order valence-electron chi connectivity index (χ2n) is 7.24. The molecular weight excluding hydrogens is 412 g/mol. The molecule has 3 aromatic rings. The van der Waals surface area contributed by atoms with Gasteiger partial charge in [-0.1, -0.05) is 42.5 Å². The second-order valence-corrected chi connectivity index (χ2v) is 8.10. The summed E-state index contributed by atoms with van der Waals surface area (Å²) in [5.41, 5.74) is 1.96. The van der Waals surface area contributed by atoms with Crippen molar-refractivity contribution in [2.24, 2.45) is 0 Å². The van der Waals surface area contributed by atoms with Crippen molar-refractivity contribution in [2.75, 3.05) is 12.4 Å². The number of para-hydroxylation sites is 2. The molecule has 3 N–H and O–H groups in total. The van der Waals surface area contributed by atoms with E-state index in [0.29, 0.717) is 17.3 Å². The normalized spacial score (nSPS) is 11.6. The van der Waals surface area contributed by atoms with Gasteiger partial charge in [0, 0.05) is 17.8 Å². The third-order valence-corrected chi connectivity index (χ3v) is 5.18.